The fourth-order valence-electron chi connectivity index (χ4n) is 0.894. The van der Waals surface area contributed by atoms with Gasteiger partial charge in [0.1, 0.15) is 5.75 Å². The molecule has 1 rings (SSSR count). The number of ether oxygens (including phenoxy) is 2. The Morgan fingerprint density at radius 2 is 1.88 bits per heavy atom. The van der Waals surface area contributed by atoms with Gasteiger partial charge in [-0.1, -0.05) is 17.7 Å². The molecule has 0 saturated heterocycles. The second kappa shape index (κ2) is 8.73. The van der Waals surface area contributed by atoms with E-state index in [0.717, 1.165) is 5.75 Å². The van der Waals surface area contributed by atoms with Gasteiger partial charge in [-0.15, -0.1) is 0 Å². The Labute approximate surface area is 96.4 Å². The SMILES string of the molecule is CCOC(=O)CN.COc1ccc(C)cc1. The van der Waals surface area contributed by atoms with Crippen LogP contribution in [0.4, 0.5) is 0 Å². The molecule has 1 aromatic carbocycles. The number of carbonyl (C=O) groups is 1. The van der Waals surface area contributed by atoms with Gasteiger partial charge in [0.25, 0.3) is 0 Å². The number of carbonyl (C=O) groups excluding carboxylic acids is 1. The van der Waals surface area contributed by atoms with Crippen molar-refractivity contribution in [2.75, 3.05) is 20.3 Å². The first-order valence-electron chi connectivity index (χ1n) is 5.10. The second-order valence-corrected chi connectivity index (χ2v) is 3.03. The minimum Gasteiger partial charge on any atom is -0.497 e. The summed E-state index contributed by atoms with van der Waals surface area (Å²) in [5.74, 6) is 0.572. The van der Waals surface area contributed by atoms with Crippen molar-refractivity contribution >= 4 is 5.97 Å². The van der Waals surface area contributed by atoms with Crippen LogP contribution in [0.15, 0.2) is 24.3 Å². The summed E-state index contributed by atoms with van der Waals surface area (Å²) in [5, 5.41) is 0. The second-order valence-electron chi connectivity index (χ2n) is 3.03. The number of benzene rings is 1. The number of nitrogens with two attached hydrogens (primary N) is 1. The monoisotopic (exact) mass is 225 g/mol. The van der Waals surface area contributed by atoms with E-state index in [9.17, 15) is 4.79 Å². The summed E-state index contributed by atoms with van der Waals surface area (Å²) >= 11 is 0. The molecular formula is C12H19NO3. The summed E-state index contributed by atoms with van der Waals surface area (Å²) in [6.07, 6.45) is 0. The standard InChI is InChI=1S/C8H10O.C4H9NO2/c1-7-3-5-8(9-2)6-4-7;1-2-7-4(6)3-5/h3-6H,1-2H3;2-3,5H2,1H3. The lowest BCUT2D eigenvalue weighted by Crippen LogP contribution is -2.16. The molecule has 4 heteroatoms. The fraction of sp³-hybridized carbons (Fsp3) is 0.417. The minimum absolute atomic E-state index is 0.0200. The topological polar surface area (TPSA) is 61.5 Å². The third-order valence-electron chi connectivity index (χ3n) is 1.73. The van der Waals surface area contributed by atoms with E-state index in [2.05, 4.69) is 11.7 Å². The lowest BCUT2D eigenvalue weighted by Gasteiger charge is -1.97. The van der Waals surface area contributed by atoms with Crippen LogP contribution in [0.1, 0.15) is 12.5 Å². The quantitative estimate of drug-likeness (QED) is 0.792. The first-order chi connectivity index (χ1) is 7.63. The summed E-state index contributed by atoms with van der Waals surface area (Å²) in [6, 6.07) is 7.96. The summed E-state index contributed by atoms with van der Waals surface area (Å²) in [5.41, 5.74) is 6.14. The molecule has 0 amide bonds. The molecule has 0 spiro atoms. The molecule has 0 aliphatic carbocycles. The first-order valence-corrected chi connectivity index (χ1v) is 5.10. The summed E-state index contributed by atoms with van der Waals surface area (Å²) in [6.45, 7) is 4.19. The Morgan fingerprint density at radius 1 is 1.31 bits per heavy atom. The van der Waals surface area contributed by atoms with E-state index in [-0.39, 0.29) is 12.5 Å². The molecule has 0 unspecified atom stereocenters. The van der Waals surface area contributed by atoms with Crippen LogP contribution in [-0.4, -0.2) is 26.2 Å². The van der Waals surface area contributed by atoms with Gasteiger partial charge in [-0.05, 0) is 26.0 Å². The highest BCUT2D eigenvalue weighted by Gasteiger charge is 1.91. The third-order valence-corrected chi connectivity index (χ3v) is 1.73. The van der Waals surface area contributed by atoms with Crippen LogP contribution in [0.2, 0.25) is 0 Å². The Hall–Kier alpha value is -1.55. The van der Waals surface area contributed by atoms with Crippen molar-refractivity contribution in [3.05, 3.63) is 29.8 Å². The van der Waals surface area contributed by atoms with E-state index in [1.807, 2.05) is 24.3 Å². The fourth-order valence-corrected chi connectivity index (χ4v) is 0.894. The largest absolute Gasteiger partial charge is 0.497 e. The van der Waals surface area contributed by atoms with Crippen LogP contribution < -0.4 is 10.5 Å². The van der Waals surface area contributed by atoms with E-state index in [0.29, 0.717) is 6.61 Å². The van der Waals surface area contributed by atoms with Crippen LogP contribution in [0.3, 0.4) is 0 Å². The van der Waals surface area contributed by atoms with Gasteiger partial charge < -0.3 is 15.2 Å². The molecule has 1 aromatic rings. The summed E-state index contributed by atoms with van der Waals surface area (Å²) < 4.78 is 9.40. The van der Waals surface area contributed by atoms with Crippen molar-refractivity contribution in [1.82, 2.24) is 0 Å². The normalized spacial score (nSPS) is 8.75. The number of aryl methyl sites for hydroxylation is 1. The van der Waals surface area contributed by atoms with Crippen molar-refractivity contribution in [2.24, 2.45) is 5.73 Å². The van der Waals surface area contributed by atoms with Gasteiger partial charge in [0.15, 0.2) is 0 Å². The van der Waals surface area contributed by atoms with E-state index >= 15 is 0 Å². The highest BCUT2D eigenvalue weighted by Crippen LogP contribution is 2.09. The minimum atomic E-state index is -0.345. The predicted octanol–water partition coefficient (Wildman–Crippen LogP) is 1.51. The Balaban J connectivity index is 0.000000293. The lowest BCUT2D eigenvalue weighted by molar-refractivity contribution is -0.141. The maximum atomic E-state index is 10.1. The molecule has 0 aromatic heterocycles. The van der Waals surface area contributed by atoms with Crippen LogP contribution >= 0.6 is 0 Å². The summed E-state index contributed by atoms with van der Waals surface area (Å²) in [7, 11) is 1.67. The molecule has 0 bridgehead atoms. The number of hydrogen-bond donors (Lipinski definition) is 1. The van der Waals surface area contributed by atoms with Gasteiger partial charge in [-0.25, -0.2) is 0 Å². The molecule has 0 aliphatic heterocycles. The van der Waals surface area contributed by atoms with Crippen molar-refractivity contribution in [3.63, 3.8) is 0 Å². The van der Waals surface area contributed by atoms with E-state index in [1.54, 1.807) is 14.0 Å². The van der Waals surface area contributed by atoms with Crippen LogP contribution in [0, 0.1) is 6.92 Å². The number of esters is 1. The number of rotatable bonds is 3. The molecule has 0 saturated carbocycles. The Kier molecular flexibility index (Phi) is 7.89. The first kappa shape index (κ1) is 14.5. The Bertz CT molecular complexity index is 296. The smallest absolute Gasteiger partial charge is 0.319 e. The zero-order chi connectivity index (χ0) is 12.4. The molecule has 0 atom stereocenters. The maximum Gasteiger partial charge on any atom is 0.319 e. The van der Waals surface area contributed by atoms with Gasteiger partial charge in [0, 0.05) is 0 Å². The van der Waals surface area contributed by atoms with Gasteiger partial charge >= 0.3 is 5.97 Å². The molecule has 0 heterocycles. The average Bonchev–Trinajstić information content (AvgIpc) is 2.31. The van der Waals surface area contributed by atoms with Crippen molar-refractivity contribution in [3.8, 4) is 5.75 Å². The molecule has 0 fully saturated rings. The van der Waals surface area contributed by atoms with Crippen LogP contribution in [-0.2, 0) is 9.53 Å². The molecule has 2 N–H and O–H groups in total. The van der Waals surface area contributed by atoms with Crippen LogP contribution in [0.5, 0.6) is 5.75 Å². The average molecular weight is 225 g/mol. The van der Waals surface area contributed by atoms with Crippen molar-refractivity contribution < 1.29 is 14.3 Å². The highest BCUT2D eigenvalue weighted by atomic mass is 16.5. The highest BCUT2D eigenvalue weighted by molar-refractivity contribution is 5.71. The zero-order valence-electron chi connectivity index (χ0n) is 10.0. The van der Waals surface area contributed by atoms with E-state index in [1.165, 1.54) is 5.56 Å². The molecule has 0 radical (unpaired) electrons. The third kappa shape index (κ3) is 6.84. The summed E-state index contributed by atoms with van der Waals surface area (Å²) in [4.78, 5) is 10.1. The number of methoxy groups -OCH3 is 1. The van der Waals surface area contributed by atoms with Crippen molar-refractivity contribution in [2.45, 2.75) is 13.8 Å². The lowest BCUT2D eigenvalue weighted by atomic mass is 10.2. The van der Waals surface area contributed by atoms with E-state index < -0.39 is 0 Å². The number of hydrogen-bond acceptors (Lipinski definition) is 4. The zero-order valence-corrected chi connectivity index (χ0v) is 10.0. The van der Waals surface area contributed by atoms with Gasteiger partial charge in [-0.3, -0.25) is 4.79 Å². The van der Waals surface area contributed by atoms with Crippen LogP contribution in [0.25, 0.3) is 0 Å². The molecule has 0 aliphatic rings. The molecule has 4 nitrogen and oxygen atoms in total. The Morgan fingerprint density at radius 3 is 2.19 bits per heavy atom. The molecular weight excluding hydrogens is 206 g/mol. The van der Waals surface area contributed by atoms with Gasteiger partial charge in [-0.2, -0.15) is 0 Å². The van der Waals surface area contributed by atoms with Gasteiger partial charge in [0.05, 0.1) is 20.3 Å². The molecule has 16 heavy (non-hydrogen) atoms. The molecule has 90 valence electrons. The van der Waals surface area contributed by atoms with Gasteiger partial charge in [0.2, 0.25) is 0 Å². The van der Waals surface area contributed by atoms with Crippen molar-refractivity contribution in [1.29, 1.82) is 0 Å². The maximum absolute atomic E-state index is 10.1. The predicted molar refractivity (Wildman–Crippen MR) is 63.4 cm³/mol. The van der Waals surface area contributed by atoms with E-state index in [4.69, 9.17) is 10.5 Å².